The molecule has 148 valence electrons. The molecule has 0 saturated carbocycles. The number of para-hydroxylation sites is 1. The highest BCUT2D eigenvalue weighted by atomic mass is 16.5. The van der Waals surface area contributed by atoms with Gasteiger partial charge in [0.15, 0.2) is 0 Å². The first kappa shape index (κ1) is 18.6. The largest absolute Gasteiger partial charge is 0.497 e. The number of fused-ring (bicyclic) bond motifs is 1. The van der Waals surface area contributed by atoms with Crippen LogP contribution in [0.25, 0.3) is 0 Å². The van der Waals surface area contributed by atoms with Crippen molar-refractivity contribution < 1.29 is 14.3 Å². The van der Waals surface area contributed by atoms with Gasteiger partial charge >= 0.3 is 6.03 Å². The zero-order chi connectivity index (χ0) is 19.5. The molecule has 4 rings (SSSR count). The Morgan fingerprint density at radius 1 is 0.929 bits per heavy atom. The lowest BCUT2D eigenvalue weighted by molar-refractivity contribution is 0.115. The summed E-state index contributed by atoms with van der Waals surface area (Å²) in [5.41, 5.74) is 2.32. The predicted octanol–water partition coefficient (Wildman–Crippen LogP) is 2.83. The fraction of sp³-hybridized carbons (Fsp3) is 0.409. The second-order valence-electron chi connectivity index (χ2n) is 7.41. The van der Waals surface area contributed by atoms with Crippen LogP contribution in [-0.4, -0.2) is 67.2 Å². The zero-order valence-corrected chi connectivity index (χ0v) is 16.5. The number of amides is 2. The minimum Gasteiger partial charge on any atom is -0.497 e. The maximum Gasteiger partial charge on any atom is 0.320 e. The van der Waals surface area contributed by atoms with Gasteiger partial charge in [-0.25, -0.2) is 4.79 Å². The van der Waals surface area contributed by atoms with E-state index < -0.39 is 0 Å². The molecule has 1 unspecified atom stereocenters. The third kappa shape index (κ3) is 3.78. The summed E-state index contributed by atoms with van der Waals surface area (Å²) in [6.07, 6.45) is 0. The van der Waals surface area contributed by atoms with Gasteiger partial charge in [-0.05, 0) is 23.8 Å². The van der Waals surface area contributed by atoms with E-state index in [-0.39, 0.29) is 12.1 Å². The maximum absolute atomic E-state index is 12.8. The summed E-state index contributed by atoms with van der Waals surface area (Å²) in [7, 11) is 3.37. The quantitative estimate of drug-likeness (QED) is 0.772. The highest BCUT2D eigenvalue weighted by Crippen LogP contribution is 2.26. The Balaban J connectivity index is 1.38. The van der Waals surface area contributed by atoms with E-state index in [9.17, 15) is 4.79 Å². The molecular formula is C22H27N3O3. The van der Waals surface area contributed by atoms with Gasteiger partial charge in [0.05, 0.1) is 20.3 Å². The lowest BCUT2D eigenvalue weighted by Crippen LogP contribution is -2.51. The average molecular weight is 381 g/mol. The summed E-state index contributed by atoms with van der Waals surface area (Å²) >= 11 is 0. The van der Waals surface area contributed by atoms with Gasteiger partial charge in [0.1, 0.15) is 11.5 Å². The minimum absolute atomic E-state index is 0.151. The molecule has 0 N–H and O–H groups in total. The Labute approximate surface area is 166 Å². The summed E-state index contributed by atoms with van der Waals surface area (Å²) in [4.78, 5) is 19.2. The van der Waals surface area contributed by atoms with Gasteiger partial charge in [-0.15, -0.1) is 0 Å². The molecule has 0 bridgehead atoms. The average Bonchev–Trinajstić information content (AvgIpc) is 3.04. The Hall–Kier alpha value is -2.73. The minimum atomic E-state index is 0.151. The molecule has 0 aromatic heterocycles. The number of piperazine rings is 1. The SMILES string of the molecule is COc1ccc(CN2CC3CN(Cc4ccccc4OC)CCN3C2=O)cc1. The normalized spacial score (nSPS) is 19.6. The Kier molecular flexibility index (Phi) is 5.39. The molecule has 2 aromatic rings. The first-order chi connectivity index (χ1) is 13.7. The van der Waals surface area contributed by atoms with Crippen molar-refractivity contribution in [1.29, 1.82) is 0 Å². The summed E-state index contributed by atoms with van der Waals surface area (Å²) < 4.78 is 10.7. The first-order valence-electron chi connectivity index (χ1n) is 9.70. The second-order valence-corrected chi connectivity index (χ2v) is 7.41. The van der Waals surface area contributed by atoms with Crippen molar-refractivity contribution in [2.45, 2.75) is 19.1 Å². The van der Waals surface area contributed by atoms with Crippen LogP contribution in [0.15, 0.2) is 48.5 Å². The molecule has 0 spiro atoms. The van der Waals surface area contributed by atoms with Crippen LogP contribution in [0.4, 0.5) is 4.79 Å². The van der Waals surface area contributed by atoms with Gasteiger partial charge in [0.25, 0.3) is 0 Å². The number of rotatable bonds is 6. The topological polar surface area (TPSA) is 45.2 Å². The van der Waals surface area contributed by atoms with Crippen molar-refractivity contribution in [2.24, 2.45) is 0 Å². The van der Waals surface area contributed by atoms with Crippen LogP contribution in [0.1, 0.15) is 11.1 Å². The van der Waals surface area contributed by atoms with Crippen molar-refractivity contribution in [3.8, 4) is 11.5 Å². The van der Waals surface area contributed by atoms with Gasteiger partial charge in [-0.3, -0.25) is 4.90 Å². The number of hydrogen-bond acceptors (Lipinski definition) is 4. The Morgan fingerprint density at radius 3 is 2.46 bits per heavy atom. The molecule has 0 radical (unpaired) electrons. The molecule has 2 amide bonds. The summed E-state index contributed by atoms with van der Waals surface area (Å²) in [6.45, 7) is 4.81. The zero-order valence-electron chi connectivity index (χ0n) is 16.5. The number of hydrogen-bond donors (Lipinski definition) is 0. The van der Waals surface area contributed by atoms with Crippen LogP contribution in [0, 0.1) is 0 Å². The van der Waals surface area contributed by atoms with E-state index >= 15 is 0 Å². The van der Waals surface area contributed by atoms with E-state index in [0.29, 0.717) is 6.54 Å². The van der Waals surface area contributed by atoms with E-state index in [1.807, 2.05) is 52.3 Å². The summed E-state index contributed by atoms with van der Waals surface area (Å²) in [5.74, 6) is 1.76. The van der Waals surface area contributed by atoms with E-state index in [1.165, 1.54) is 5.56 Å². The van der Waals surface area contributed by atoms with Crippen molar-refractivity contribution in [3.63, 3.8) is 0 Å². The van der Waals surface area contributed by atoms with Gasteiger partial charge in [-0.2, -0.15) is 0 Å². The first-order valence-corrected chi connectivity index (χ1v) is 9.70. The van der Waals surface area contributed by atoms with Crippen LogP contribution >= 0.6 is 0 Å². The molecular weight excluding hydrogens is 354 g/mol. The third-order valence-electron chi connectivity index (χ3n) is 5.63. The number of carbonyl (C=O) groups excluding carboxylic acids is 1. The van der Waals surface area contributed by atoms with Crippen molar-refractivity contribution >= 4 is 6.03 Å². The molecule has 6 heteroatoms. The molecule has 6 nitrogen and oxygen atoms in total. The van der Waals surface area contributed by atoms with Gasteiger partial charge in [0.2, 0.25) is 0 Å². The standard InChI is InChI=1S/C22H27N3O3/c1-27-20-9-7-17(8-10-20)13-24-16-19-15-23(11-12-25(19)22(24)26)14-18-5-3-4-6-21(18)28-2/h3-10,19H,11-16H2,1-2H3. The summed E-state index contributed by atoms with van der Waals surface area (Å²) in [6, 6.07) is 16.5. The Bertz CT molecular complexity index is 824. The lowest BCUT2D eigenvalue weighted by Gasteiger charge is -2.36. The number of methoxy groups -OCH3 is 2. The van der Waals surface area contributed by atoms with Crippen LogP contribution in [0.3, 0.4) is 0 Å². The molecule has 1 atom stereocenters. The van der Waals surface area contributed by atoms with E-state index in [0.717, 1.165) is 49.8 Å². The molecule has 2 aromatic carbocycles. The molecule has 0 aliphatic carbocycles. The highest BCUT2D eigenvalue weighted by molar-refractivity contribution is 5.77. The number of benzene rings is 2. The lowest BCUT2D eigenvalue weighted by atomic mass is 10.1. The van der Waals surface area contributed by atoms with E-state index in [1.54, 1.807) is 14.2 Å². The molecule has 2 saturated heterocycles. The van der Waals surface area contributed by atoms with Crippen LogP contribution in [-0.2, 0) is 13.1 Å². The van der Waals surface area contributed by atoms with Gasteiger partial charge in [-0.1, -0.05) is 30.3 Å². The van der Waals surface area contributed by atoms with Crippen molar-refractivity contribution in [3.05, 3.63) is 59.7 Å². The van der Waals surface area contributed by atoms with Gasteiger partial charge < -0.3 is 19.3 Å². The van der Waals surface area contributed by atoms with Crippen molar-refractivity contribution in [2.75, 3.05) is 40.4 Å². The van der Waals surface area contributed by atoms with E-state index in [4.69, 9.17) is 9.47 Å². The van der Waals surface area contributed by atoms with Crippen LogP contribution < -0.4 is 9.47 Å². The molecule has 2 fully saturated rings. The molecule has 2 heterocycles. The third-order valence-corrected chi connectivity index (χ3v) is 5.63. The number of carbonyl (C=O) groups is 1. The van der Waals surface area contributed by atoms with E-state index in [2.05, 4.69) is 11.0 Å². The smallest absolute Gasteiger partial charge is 0.320 e. The van der Waals surface area contributed by atoms with Gasteiger partial charge in [0, 0.05) is 44.8 Å². The summed E-state index contributed by atoms with van der Waals surface area (Å²) in [5, 5.41) is 0. The highest BCUT2D eigenvalue weighted by Gasteiger charge is 2.40. The molecule has 28 heavy (non-hydrogen) atoms. The monoisotopic (exact) mass is 381 g/mol. The van der Waals surface area contributed by atoms with Crippen LogP contribution in [0.5, 0.6) is 11.5 Å². The number of nitrogens with zero attached hydrogens (tertiary/aromatic N) is 3. The second kappa shape index (κ2) is 8.10. The van der Waals surface area contributed by atoms with Crippen LogP contribution in [0.2, 0.25) is 0 Å². The predicted molar refractivity (Wildman–Crippen MR) is 108 cm³/mol. The molecule has 2 aliphatic rings. The fourth-order valence-electron chi connectivity index (χ4n) is 4.14. The molecule has 2 aliphatic heterocycles. The fourth-order valence-corrected chi connectivity index (χ4v) is 4.14. The maximum atomic E-state index is 12.8. The Morgan fingerprint density at radius 2 is 1.71 bits per heavy atom. The van der Waals surface area contributed by atoms with Crippen molar-refractivity contribution in [1.82, 2.24) is 14.7 Å². The number of urea groups is 1. The number of ether oxygens (including phenoxy) is 2.